The van der Waals surface area contributed by atoms with Gasteiger partial charge in [0.1, 0.15) is 5.75 Å². The number of halogens is 1. The van der Waals surface area contributed by atoms with Crippen molar-refractivity contribution in [2.45, 2.75) is 12.6 Å². The van der Waals surface area contributed by atoms with Crippen LogP contribution in [-0.4, -0.2) is 51.4 Å². The topological polar surface area (TPSA) is 33.7 Å². The highest BCUT2D eigenvalue weighted by Crippen LogP contribution is 2.24. The summed E-state index contributed by atoms with van der Waals surface area (Å²) in [6.45, 7) is 4.38. The van der Waals surface area contributed by atoms with Crippen LogP contribution >= 0.6 is 15.9 Å². The van der Waals surface area contributed by atoms with Crippen LogP contribution in [0.4, 0.5) is 0 Å². The summed E-state index contributed by atoms with van der Waals surface area (Å²) >= 11 is 3.51. The molecule has 0 spiro atoms. The molecule has 1 N–H and O–H groups in total. The van der Waals surface area contributed by atoms with E-state index in [4.69, 9.17) is 9.47 Å². The van der Waals surface area contributed by atoms with E-state index in [1.165, 1.54) is 5.56 Å². The summed E-state index contributed by atoms with van der Waals surface area (Å²) in [4.78, 5) is 2.29. The first-order valence-electron chi connectivity index (χ1n) is 6.51. The van der Waals surface area contributed by atoms with Crippen molar-refractivity contribution in [3.63, 3.8) is 0 Å². The van der Waals surface area contributed by atoms with Gasteiger partial charge in [-0.2, -0.15) is 0 Å². The molecule has 1 aromatic carbocycles. The van der Waals surface area contributed by atoms with Gasteiger partial charge in [-0.25, -0.2) is 0 Å². The van der Waals surface area contributed by atoms with Gasteiger partial charge in [0.25, 0.3) is 0 Å². The van der Waals surface area contributed by atoms with Gasteiger partial charge < -0.3 is 19.7 Å². The Hall–Kier alpha value is -0.620. The molecule has 0 aromatic heterocycles. The maximum Gasteiger partial charge on any atom is 0.123 e. The summed E-state index contributed by atoms with van der Waals surface area (Å²) in [7, 11) is 3.83. The summed E-state index contributed by atoms with van der Waals surface area (Å²) in [5, 5.41) is 3.47. The molecule has 1 heterocycles. The van der Waals surface area contributed by atoms with Crippen molar-refractivity contribution in [2.24, 2.45) is 0 Å². The number of likely N-dealkylation sites (N-methyl/N-ethyl adjacent to an activating group) is 1. The van der Waals surface area contributed by atoms with Crippen LogP contribution in [0.15, 0.2) is 22.7 Å². The van der Waals surface area contributed by atoms with Crippen molar-refractivity contribution in [1.82, 2.24) is 10.2 Å². The van der Waals surface area contributed by atoms with Gasteiger partial charge in [-0.15, -0.1) is 0 Å². The van der Waals surface area contributed by atoms with Gasteiger partial charge in [0, 0.05) is 35.7 Å². The fourth-order valence-electron chi connectivity index (χ4n) is 2.34. The third-order valence-corrected chi connectivity index (χ3v) is 3.71. The van der Waals surface area contributed by atoms with Gasteiger partial charge >= 0.3 is 0 Å². The molecule has 1 saturated heterocycles. The van der Waals surface area contributed by atoms with Crippen LogP contribution in [0, 0.1) is 0 Å². The minimum atomic E-state index is 0.414. The van der Waals surface area contributed by atoms with Crippen LogP contribution in [0.5, 0.6) is 5.75 Å². The summed E-state index contributed by atoms with van der Waals surface area (Å²) < 4.78 is 12.0. The lowest BCUT2D eigenvalue weighted by Crippen LogP contribution is -2.47. The van der Waals surface area contributed by atoms with Gasteiger partial charge in [0.05, 0.1) is 20.3 Å². The van der Waals surface area contributed by atoms with Gasteiger partial charge in [-0.1, -0.05) is 15.9 Å². The number of nitrogens with zero attached hydrogens (tertiary/aromatic N) is 1. The van der Waals surface area contributed by atoms with Crippen LogP contribution in [0.1, 0.15) is 5.56 Å². The number of nitrogens with one attached hydrogen (secondary N) is 1. The second kappa shape index (κ2) is 7.24. The van der Waals surface area contributed by atoms with E-state index in [-0.39, 0.29) is 0 Å². The fraction of sp³-hybridized carbons (Fsp3) is 0.571. The number of methoxy groups -OCH3 is 1. The van der Waals surface area contributed by atoms with Gasteiger partial charge in [-0.3, -0.25) is 0 Å². The molecule has 0 aliphatic carbocycles. The van der Waals surface area contributed by atoms with Crippen molar-refractivity contribution in [3.8, 4) is 5.75 Å². The zero-order valence-electron chi connectivity index (χ0n) is 11.5. The quantitative estimate of drug-likeness (QED) is 0.894. The first-order valence-corrected chi connectivity index (χ1v) is 7.30. The minimum Gasteiger partial charge on any atom is -0.496 e. The van der Waals surface area contributed by atoms with Crippen molar-refractivity contribution in [1.29, 1.82) is 0 Å². The van der Waals surface area contributed by atoms with Crippen molar-refractivity contribution >= 4 is 15.9 Å². The van der Waals surface area contributed by atoms with Crippen molar-refractivity contribution in [2.75, 3.05) is 40.5 Å². The monoisotopic (exact) mass is 328 g/mol. The van der Waals surface area contributed by atoms with Crippen molar-refractivity contribution < 1.29 is 9.47 Å². The first kappa shape index (κ1) is 14.8. The average Bonchev–Trinajstić information content (AvgIpc) is 2.40. The maximum atomic E-state index is 5.48. The first-order chi connectivity index (χ1) is 9.19. The summed E-state index contributed by atoms with van der Waals surface area (Å²) in [6, 6.07) is 6.52. The highest BCUT2D eigenvalue weighted by molar-refractivity contribution is 9.10. The van der Waals surface area contributed by atoms with Gasteiger partial charge in [0.2, 0.25) is 0 Å². The Morgan fingerprint density at radius 3 is 3.05 bits per heavy atom. The summed E-state index contributed by atoms with van der Waals surface area (Å²) in [6.07, 6.45) is 0. The molecule has 0 bridgehead atoms. The molecule has 0 amide bonds. The normalized spacial score (nSPS) is 19.7. The number of benzene rings is 1. The molecule has 2 rings (SSSR count). The smallest absolute Gasteiger partial charge is 0.123 e. The molecule has 5 heteroatoms. The van der Waals surface area contributed by atoms with Crippen LogP contribution < -0.4 is 10.1 Å². The van der Waals surface area contributed by atoms with Crippen LogP contribution in [0.2, 0.25) is 0 Å². The molecule has 1 aromatic rings. The third-order valence-electron chi connectivity index (χ3n) is 3.21. The Labute approximate surface area is 123 Å². The lowest BCUT2D eigenvalue weighted by molar-refractivity contribution is 0.0644. The molecule has 1 atom stereocenters. The molecule has 106 valence electrons. The number of morpholine rings is 1. The molecule has 1 aliphatic heterocycles. The lowest BCUT2D eigenvalue weighted by Gasteiger charge is -2.28. The van der Waals surface area contributed by atoms with E-state index in [9.17, 15) is 0 Å². The average molecular weight is 329 g/mol. The van der Waals surface area contributed by atoms with E-state index in [1.54, 1.807) is 7.11 Å². The van der Waals surface area contributed by atoms with Gasteiger partial charge in [0.15, 0.2) is 0 Å². The molecule has 0 radical (unpaired) electrons. The highest BCUT2D eigenvalue weighted by Gasteiger charge is 2.16. The molecule has 1 fully saturated rings. The third kappa shape index (κ3) is 4.45. The Bertz CT molecular complexity index is 408. The van der Waals surface area contributed by atoms with Crippen LogP contribution in [0.3, 0.4) is 0 Å². The van der Waals surface area contributed by atoms with Gasteiger partial charge in [-0.05, 0) is 25.2 Å². The zero-order valence-corrected chi connectivity index (χ0v) is 13.1. The second-order valence-corrected chi connectivity index (χ2v) is 5.79. The standard InChI is InChI=1S/C14H21BrN2O2/c1-17(9-13-10-19-6-5-16-13)8-11-7-12(15)3-4-14(11)18-2/h3-4,7,13,16H,5-6,8-10H2,1-2H3. The number of rotatable bonds is 5. The zero-order chi connectivity index (χ0) is 13.7. The predicted molar refractivity (Wildman–Crippen MR) is 79.6 cm³/mol. The predicted octanol–water partition coefficient (Wildman–Crippen LogP) is 1.88. The van der Waals surface area contributed by atoms with E-state index in [0.29, 0.717) is 6.04 Å². The Morgan fingerprint density at radius 1 is 1.53 bits per heavy atom. The van der Waals surface area contributed by atoms with E-state index >= 15 is 0 Å². The Kier molecular flexibility index (Phi) is 5.63. The van der Waals surface area contributed by atoms with E-state index < -0.39 is 0 Å². The number of hydrogen-bond acceptors (Lipinski definition) is 4. The van der Waals surface area contributed by atoms with E-state index in [1.807, 2.05) is 12.1 Å². The molecular weight excluding hydrogens is 308 g/mol. The molecule has 0 saturated carbocycles. The number of hydrogen-bond donors (Lipinski definition) is 1. The molecule has 1 aliphatic rings. The van der Waals surface area contributed by atoms with Crippen LogP contribution in [-0.2, 0) is 11.3 Å². The Balaban J connectivity index is 1.93. The molecule has 1 unspecified atom stereocenters. The van der Waals surface area contributed by atoms with Crippen LogP contribution in [0.25, 0.3) is 0 Å². The largest absolute Gasteiger partial charge is 0.496 e. The summed E-state index contributed by atoms with van der Waals surface area (Å²) in [5.41, 5.74) is 1.19. The fourth-order valence-corrected chi connectivity index (χ4v) is 2.75. The summed E-state index contributed by atoms with van der Waals surface area (Å²) in [5.74, 6) is 0.933. The minimum absolute atomic E-state index is 0.414. The Morgan fingerprint density at radius 2 is 2.37 bits per heavy atom. The van der Waals surface area contributed by atoms with E-state index in [2.05, 4.69) is 39.3 Å². The van der Waals surface area contributed by atoms with Crippen molar-refractivity contribution in [3.05, 3.63) is 28.2 Å². The number of ether oxygens (including phenoxy) is 2. The molecule has 19 heavy (non-hydrogen) atoms. The second-order valence-electron chi connectivity index (χ2n) is 4.88. The maximum absolute atomic E-state index is 5.48. The molecular formula is C14H21BrN2O2. The van der Waals surface area contributed by atoms with E-state index in [0.717, 1.165) is 43.1 Å². The molecule has 4 nitrogen and oxygen atoms in total. The lowest BCUT2D eigenvalue weighted by atomic mass is 10.1. The SMILES string of the molecule is COc1ccc(Br)cc1CN(C)CC1COCCN1. The highest BCUT2D eigenvalue weighted by atomic mass is 79.9.